The van der Waals surface area contributed by atoms with Crippen molar-refractivity contribution in [2.45, 2.75) is 0 Å². The van der Waals surface area contributed by atoms with E-state index in [9.17, 15) is 16.8 Å². The van der Waals surface area contributed by atoms with E-state index in [1.165, 1.54) is 18.2 Å². The molecular weight excluding hydrogens is 344 g/mol. The van der Waals surface area contributed by atoms with Crippen LogP contribution < -0.4 is 4.72 Å². The maximum Gasteiger partial charge on any atom is 0.247 e. The van der Waals surface area contributed by atoms with E-state index in [0.29, 0.717) is 10.0 Å². The molecule has 0 spiro atoms. The lowest BCUT2D eigenvalue weighted by atomic mass is 10.2. The molecule has 98 valence electrons. The van der Waals surface area contributed by atoms with Gasteiger partial charge in [0, 0.05) is 10.7 Å². The van der Waals surface area contributed by atoms with E-state index in [4.69, 9.17) is 5.26 Å². The first kappa shape index (κ1) is 14.9. The molecule has 9 heteroatoms. The summed E-state index contributed by atoms with van der Waals surface area (Å²) in [6.45, 7) is 0. The van der Waals surface area contributed by atoms with E-state index in [2.05, 4.69) is 20.7 Å². The first-order valence-corrected chi connectivity index (χ1v) is 9.01. The van der Waals surface area contributed by atoms with Crippen LogP contribution in [-0.4, -0.2) is 28.2 Å². The van der Waals surface area contributed by atoms with Crippen LogP contribution in [-0.2, 0) is 19.9 Å². The highest BCUT2D eigenvalue weighted by Crippen LogP contribution is 2.24. The van der Waals surface area contributed by atoms with Gasteiger partial charge in [0.15, 0.2) is 14.9 Å². The Balaban J connectivity index is 3.03. The van der Waals surface area contributed by atoms with Crippen molar-refractivity contribution in [2.24, 2.45) is 0 Å². The molecule has 0 saturated carbocycles. The monoisotopic (exact) mass is 352 g/mol. The van der Waals surface area contributed by atoms with Gasteiger partial charge in [0.1, 0.15) is 0 Å². The normalized spacial score (nSPS) is 11.8. The minimum Gasteiger partial charge on any atom is -0.282 e. The third-order valence-electron chi connectivity index (χ3n) is 1.73. The number of benzene rings is 1. The third-order valence-corrected chi connectivity index (χ3v) is 5.87. The van der Waals surface area contributed by atoms with Crippen LogP contribution in [0.15, 0.2) is 22.7 Å². The largest absolute Gasteiger partial charge is 0.282 e. The molecule has 0 aliphatic heterocycles. The van der Waals surface area contributed by atoms with Gasteiger partial charge in [-0.2, -0.15) is 5.26 Å². The van der Waals surface area contributed by atoms with E-state index in [-0.39, 0.29) is 5.69 Å². The number of hydrogen-bond donors (Lipinski definition) is 1. The first-order valence-electron chi connectivity index (χ1n) is 4.51. The topological polar surface area (TPSA) is 104 Å². The summed E-state index contributed by atoms with van der Waals surface area (Å²) in [7, 11) is -7.63. The van der Waals surface area contributed by atoms with Gasteiger partial charge in [0.25, 0.3) is 0 Å². The molecule has 0 atom stereocenters. The second-order valence-electron chi connectivity index (χ2n) is 3.57. The standard InChI is InChI=1S/C9H9BrN2O4S2/c1-17(13,14)6-18(15,16)12-9-3-2-7(5-11)4-8(9)10/h2-4,12H,6H2,1H3. The zero-order valence-corrected chi connectivity index (χ0v) is 12.4. The lowest BCUT2D eigenvalue weighted by Crippen LogP contribution is -2.22. The molecule has 0 unspecified atom stereocenters. The number of rotatable bonds is 4. The van der Waals surface area contributed by atoms with Gasteiger partial charge < -0.3 is 0 Å². The van der Waals surface area contributed by atoms with E-state index in [1.807, 2.05) is 6.07 Å². The van der Waals surface area contributed by atoms with Crippen molar-refractivity contribution in [3.63, 3.8) is 0 Å². The molecule has 0 saturated heterocycles. The van der Waals surface area contributed by atoms with Crippen LogP contribution in [0.3, 0.4) is 0 Å². The Kier molecular flexibility index (Phi) is 4.37. The van der Waals surface area contributed by atoms with Crippen LogP contribution in [0, 0.1) is 11.3 Å². The highest BCUT2D eigenvalue weighted by Gasteiger charge is 2.19. The van der Waals surface area contributed by atoms with Crippen LogP contribution in [0.4, 0.5) is 5.69 Å². The minimum absolute atomic E-state index is 0.178. The summed E-state index contributed by atoms with van der Waals surface area (Å²) >= 11 is 3.09. The maximum atomic E-state index is 11.5. The van der Waals surface area contributed by atoms with E-state index < -0.39 is 24.9 Å². The third kappa shape index (κ3) is 4.64. The van der Waals surface area contributed by atoms with Crippen molar-refractivity contribution < 1.29 is 16.8 Å². The average molecular weight is 353 g/mol. The molecule has 0 heterocycles. The molecule has 6 nitrogen and oxygen atoms in total. The predicted octanol–water partition coefficient (Wildman–Crippen LogP) is 1.06. The van der Waals surface area contributed by atoms with Crippen molar-refractivity contribution in [1.82, 2.24) is 0 Å². The Labute approximate surface area is 114 Å². The Morgan fingerprint density at radius 3 is 2.39 bits per heavy atom. The summed E-state index contributed by atoms with van der Waals surface area (Å²) in [5.74, 6) is 0. The van der Waals surface area contributed by atoms with Crippen molar-refractivity contribution in [1.29, 1.82) is 5.26 Å². The molecule has 0 fully saturated rings. The molecule has 0 bridgehead atoms. The summed E-state index contributed by atoms with van der Waals surface area (Å²) in [6.07, 6.45) is 0.833. The predicted molar refractivity (Wildman–Crippen MR) is 71.1 cm³/mol. The zero-order chi connectivity index (χ0) is 14.0. The number of sulfone groups is 1. The summed E-state index contributed by atoms with van der Waals surface area (Å²) in [5, 5.41) is 7.66. The quantitative estimate of drug-likeness (QED) is 0.872. The summed E-state index contributed by atoms with van der Waals surface area (Å²) in [5.41, 5.74) is 0.533. The molecule has 1 aromatic carbocycles. The number of hydrogen-bond acceptors (Lipinski definition) is 5. The van der Waals surface area contributed by atoms with Crippen LogP contribution in [0.1, 0.15) is 5.56 Å². The molecule has 0 aliphatic rings. The second kappa shape index (κ2) is 5.26. The first-order chi connectivity index (χ1) is 8.13. The SMILES string of the molecule is CS(=O)(=O)CS(=O)(=O)Nc1ccc(C#N)cc1Br. The average Bonchev–Trinajstić information content (AvgIpc) is 2.17. The smallest absolute Gasteiger partial charge is 0.247 e. The molecule has 0 aromatic heterocycles. The molecule has 1 aromatic rings. The van der Waals surface area contributed by atoms with Crippen molar-refractivity contribution in [3.05, 3.63) is 28.2 Å². The molecule has 0 amide bonds. The van der Waals surface area contributed by atoms with Gasteiger partial charge in [-0.05, 0) is 34.1 Å². The number of nitriles is 1. The zero-order valence-electron chi connectivity index (χ0n) is 9.21. The molecule has 0 radical (unpaired) electrons. The molecular formula is C9H9BrN2O4S2. The highest BCUT2D eigenvalue weighted by molar-refractivity contribution is 9.10. The fourth-order valence-corrected chi connectivity index (χ4v) is 4.76. The summed E-state index contributed by atoms with van der Waals surface area (Å²) in [4.78, 5) is 0. The van der Waals surface area contributed by atoms with Gasteiger partial charge in [-0.1, -0.05) is 0 Å². The molecule has 1 rings (SSSR count). The Bertz CT molecular complexity index is 705. The summed E-state index contributed by atoms with van der Waals surface area (Å²) < 4.78 is 47.5. The van der Waals surface area contributed by atoms with Gasteiger partial charge in [0.2, 0.25) is 10.0 Å². The molecule has 0 aliphatic carbocycles. The van der Waals surface area contributed by atoms with E-state index in [1.54, 1.807) is 0 Å². The van der Waals surface area contributed by atoms with Gasteiger partial charge in [-0.3, -0.25) is 4.72 Å². The van der Waals surface area contributed by atoms with Gasteiger partial charge in [0.05, 0.1) is 17.3 Å². The Morgan fingerprint density at radius 2 is 1.94 bits per heavy atom. The van der Waals surface area contributed by atoms with Crippen molar-refractivity contribution in [3.8, 4) is 6.07 Å². The Hall–Kier alpha value is -1.11. The van der Waals surface area contributed by atoms with E-state index in [0.717, 1.165) is 6.26 Å². The maximum absolute atomic E-state index is 11.5. The number of halogens is 1. The second-order valence-corrected chi connectivity index (χ2v) is 8.65. The fourth-order valence-electron chi connectivity index (χ4n) is 1.15. The number of nitrogens with one attached hydrogen (secondary N) is 1. The Morgan fingerprint density at radius 1 is 1.33 bits per heavy atom. The van der Waals surface area contributed by atoms with Gasteiger partial charge in [-0.25, -0.2) is 16.8 Å². The van der Waals surface area contributed by atoms with E-state index >= 15 is 0 Å². The van der Waals surface area contributed by atoms with Crippen LogP contribution >= 0.6 is 15.9 Å². The molecule has 1 N–H and O–H groups in total. The summed E-state index contributed by atoms with van der Waals surface area (Å²) in [6, 6.07) is 6.12. The lowest BCUT2D eigenvalue weighted by molar-refractivity contribution is 0.595. The van der Waals surface area contributed by atoms with Crippen molar-refractivity contribution >= 4 is 41.5 Å². The van der Waals surface area contributed by atoms with Gasteiger partial charge >= 0.3 is 0 Å². The number of anilines is 1. The van der Waals surface area contributed by atoms with Crippen LogP contribution in [0.25, 0.3) is 0 Å². The van der Waals surface area contributed by atoms with Crippen LogP contribution in [0.2, 0.25) is 0 Å². The highest BCUT2D eigenvalue weighted by atomic mass is 79.9. The number of nitrogens with zero attached hydrogens (tertiary/aromatic N) is 1. The lowest BCUT2D eigenvalue weighted by Gasteiger charge is -2.08. The van der Waals surface area contributed by atoms with Crippen molar-refractivity contribution in [2.75, 3.05) is 16.1 Å². The molecule has 18 heavy (non-hydrogen) atoms. The minimum atomic E-state index is -3.99. The van der Waals surface area contributed by atoms with Gasteiger partial charge in [-0.15, -0.1) is 0 Å². The number of sulfonamides is 1. The fraction of sp³-hybridized carbons (Fsp3) is 0.222. The van der Waals surface area contributed by atoms with Crippen LogP contribution in [0.5, 0.6) is 0 Å².